The van der Waals surface area contributed by atoms with Gasteiger partial charge in [0.05, 0.1) is 6.10 Å². The topological polar surface area (TPSA) is 46.2 Å². The zero-order chi connectivity index (χ0) is 9.68. The van der Waals surface area contributed by atoms with Crippen LogP contribution >= 0.6 is 0 Å². The highest BCUT2D eigenvalue weighted by molar-refractivity contribution is 5.39. The Morgan fingerprint density at radius 3 is 2.46 bits per heavy atom. The molecular formula is C11H17NO. The van der Waals surface area contributed by atoms with E-state index >= 15 is 0 Å². The molecule has 0 bridgehead atoms. The average Bonchev–Trinajstić information content (AvgIpc) is 2.08. The molecule has 0 aliphatic carbocycles. The third-order valence-corrected chi connectivity index (χ3v) is 2.07. The molecule has 3 N–H and O–H groups in total. The van der Waals surface area contributed by atoms with Crippen LogP contribution in [0.4, 0.5) is 5.69 Å². The summed E-state index contributed by atoms with van der Waals surface area (Å²) < 4.78 is 0. The average molecular weight is 179 g/mol. The van der Waals surface area contributed by atoms with Gasteiger partial charge in [-0.05, 0) is 43.9 Å². The van der Waals surface area contributed by atoms with Gasteiger partial charge < -0.3 is 10.8 Å². The summed E-state index contributed by atoms with van der Waals surface area (Å²) in [6.45, 7) is 1.82. The lowest BCUT2D eigenvalue weighted by Gasteiger charge is -2.04. The minimum Gasteiger partial charge on any atom is -0.399 e. The molecule has 0 fully saturated rings. The Hall–Kier alpha value is -1.02. The second kappa shape index (κ2) is 4.87. The molecule has 2 nitrogen and oxygen atoms in total. The molecule has 0 aliphatic rings. The van der Waals surface area contributed by atoms with E-state index in [0.717, 1.165) is 24.9 Å². The molecule has 72 valence electrons. The fraction of sp³-hybridized carbons (Fsp3) is 0.455. The van der Waals surface area contributed by atoms with Gasteiger partial charge in [0, 0.05) is 5.69 Å². The Morgan fingerprint density at radius 1 is 1.31 bits per heavy atom. The van der Waals surface area contributed by atoms with Gasteiger partial charge in [0.25, 0.3) is 0 Å². The van der Waals surface area contributed by atoms with E-state index < -0.39 is 0 Å². The first-order valence-electron chi connectivity index (χ1n) is 4.71. The van der Waals surface area contributed by atoms with Gasteiger partial charge in [-0.15, -0.1) is 0 Å². The molecule has 1 rings (SSSR count). The van der Waals surface area contributed by atoms with Crippen molar-refractivity contribution >= 4 is 5.69 Å². The standard InChI is InChI=1S/C11H17NO/c1-9(13)3-2-4-10-5-7-11(12)8-6-10/h5-9,13H,2-4,12H2,1H3. The van der Waals surface area contributed by atoms with Crippen LogP contribution in [0.15, 0.2) is 24.3 Å². The normalized spacial score (nSPS) is 12.8. The van der Waals surface area contributed by atoms with Crippen LogP contribution < -0.4 is 5.73 Å². The molecular weight excluding hydrogens is 162 g/mol. The van der Waals surface area contributed by atoms with Crippen molar-refractivity contribution in [1.29, 1.82) is 0 Å². The molecule has 0 saturated heterocycles. The zero-order valence-corrected chi connectivity index (χ0v) is 8.03. The molecule has 1 unspecified atom stereocenters. The maximum absolute atomic E-state index is 9.05. The second-order valence-electron chi connectivity index (χ2n) is 3.48. The van der Waals surface area contributed by atoms with Crippen LogP contribution in [0.2, 0.25) is 0 Å². The van der Waals surface area contributed by atoms with Gasteiger partial charge in [0.2, 0.25) is 0 Å². The molecule has 0 aliphatic heterocycles. The predicted octanol–water partition coefficient (Wildman–Crippen LogP) is 1.97. The van der Waals surface area contributed by atoms with E-state index in [0.29, 0.717) is 0 Å². The summed E-state index contributed by atoms with van der Waals surface area (Å²) in [5.41, 5.74) is 7.66. The summed E-state index contributed by atoms with van der Waals surface area (Å²) in [5.74, 6) is 0. The quantitative estimate of drug-likeness (QED) is 0.694. The third-order valence-electron chi connectivity index (χ3n) is 2.07. The van der Waals surface area contributed by atoms with Gasteiger partial charge >= 0.3 is 0 Å². The summed E-state index contributed by atoms with van der Waals surface area (Å²) >= 11 is 0. The van der Waals surface area contributed by atoms with E-state index in [1.165, 1.54) is 5.56 Å². The van der Waals surface area contributed by atoms with Gasteiger partial charge in [-0.1, -0.05) is 12.1 Å². The van der Waals surface area contributed by atoms with Gasteiger partial charge in [-0.25, -0.2) is 0 Å². The minimum atomic E-state index is -0.186. The number of benzene rings is 1. The summed E-state index contributed by atoms with van der Waals surface area (Å²) in [5, 5.41) is 9.05. The Bertz CT molecular complexity index is 241. The number of anilines is 1. The predicted molar refractivity (Wildman–Crippen MR) is 55.5 cm³/mol. The minimum absolute atomic E-state index is 0.186. The van der Waals surface area contributed by atoms with Crippen LogP contribution in [0, 0.1) is 0 Å². The van der Waals surface area contributed by atoms with E-state index in [1.54, 1.807) is 0 Å². The number of aryl methyl sites for hydroxylation is 1. The highest BCUT2D eigenvalue weighted by atomic mass is 16.3. The molecule has 13 heavy (non-hydrogen) atoms. The lowest BCUT2D eigenvalue weighted by Crippen LogP contribution is -1.99. The molecule has 0 saturated carbocycles. The van der Waals surface area contributed by atoms with Crippen LogP contribution in [0.25, 0.3) is 0 Å². The monoisotopic (exact) mass is 179 g/mol. The fourth-order valence-corrected chi connectivity index (χ4v) is 1.29. The smallest absolute Gasteiger partial charge is 0.0512 e. The van der Waals surface area contributed by atoms with Gasteiger partial charge in [-0.2, -0.15) is 0 Å². The molecule has 2 heteroatoms. The molecule has 0 heterocycles. The summed E-state index contributed by atoms with van der Waals surface area (Å²) in [7, 11) is 0. The summed E-state index contributed by atoms with van der Waals surface area (Å²) in [6.07, 6.45) is 2.73. The highest BCUT2D eigenvalue weighted by Gasteiger charge is 1.96. The van der Waals surface area contributed by atoms with Crippen molar-refractivity contribution in [3.8, 4) is 0 Å². The van der Waals surface area contributed by atoms with Crippen molar-refractivity contribution in [2.75, 3.05) is 5.73 Å². The van der Waals surface area contributed by atoms with E-state index in [9.17, 15) is 0 Å². The number of rotatable bonds is 4. The maximum atomic E-state index is 9.05. The zero-order valence-electron chi connectivity index (χ0n) is 8.03. The van der Waals surface area contributed by atoms with Gasteiger partial charge in [0.15, 0.2) is 0 Å². The maximum Gasteiger partial charge on any atom is 0.0512 e. The number of hydrogen-bond donors (Lipinski definition) is 2. The molecule has 1 aromatic carbocycles. The van der Waals surface area contributed by atoms with Crippen molar-refractivity contribution in [3.63, 3.8) is 0 Å². The van der Waals surface area contributed by atoms with Gasteiger partial charge in [0.1, 0.15) is 0 Å². The number of hydrogen-bond acceptors (Lipinski definition) is 2. The largest absolute Gasteiger partial charge is 0.399 e. The molecule has 0 radical (unpaired) electrons. The van der Waals surface area contributed by atoms with Crippen LogP contribution in [0.3, 0.4) is 0 Å². The van der Waals surface area contributed by atoms with Crippen LogP contribution in [-0.2, 0) is 6.42 Å². The SMILES string of the molecule is CC(O)CCCc1ccc(N)cc1. The third kappa shape index (κ3) is 3.95. The van der Waals surface area contributed by atoms with E-state index in [1.807, 2.05) is 31.2 Å². The van der Waals surface area contributed by atoms with Gasteiger partial charge in [-0.3, -0.25) is 0 Å². The number of nitrogens with two attached hydrogens (primary N) is 1. The molecule has 0 spiro atoms. The van der Waals surface area contributed by atoms with Crippen LogP contribution in [-0.4, -0.2) is 11.2 Å². The second-order valence-corrected chi connectivity index (χ2v) is 3.48. The van der Waals surface area contributed by atoms with Crippen molar-refractivity contribution in [1.82, 2.24) is 0 Å². The fourth-order valence-electron chi connectivity index (χ4n) is 1.29. The van der Waals surface area contributed by atoms with Crippen molar-refractivity contribution in [3.05, 3.63) is 29.8 Å². The van der Waals surface area contributed by atoms with Crippen molar-refractivity contribution in [2.24, 2.45) is 0 Å². The number of aliphatic hydroxyl groups excluding tert-OH is 1. The molecule has 0 aromatic heterocycles. The van der Waals surface area contributed by atoms with E-state index in [-0.39, 0.29) is 6.10 Å². The Balaban J connectivity index is 2.33. The van der Waals surface area contributed by atoms with Crippen molar-refractivity contribution in [2.45, 2.75) is 32.3 Å². The summed E-state index contributed by atoms with van der Waals surface area (Å²) in [6, 6.07) is 7.91. The lowest BCUT2D eigenvalue weighted by molar-refractivity contribution is 0.182. The number of nitrogen functional groups attached to an aromatic ring is 1. The molecule has 1 atom stereocenters. The summed E-state index contributed by atoms with van der Waals surface area (Å²) in [4.78, 5) is 0. The van der Waals surface area contributed by atoms with E-state index in [2.05, 4.69) is 0 Å². The first-order chi connectivity index (χ1) is 6.18. The number of aliphatic hydroxyl groups is 1. The molecule has 1 aromatic rings. The highest BCUT2D eigenvalue weighted by Crippen LogP contribution is 2.09. The lowest BCUT2D eigenvalue weighted by atomic mass is 10.1. The Kier molecular flexibility index (Phi) is 3.77. The van der Waals surface area contributed by atoms with E-state index in [4.69, 9.17) is 10.8 Å². The Morgan fingerprint density at radius 2 is 1.92 bits per heavy atom. The first-order valence-corrected chi connectivity index (χ1v) is 4.71. The Labute approximate surface area is 79.4 Å². The van der Waals surface area contributed by atoms with Crippen LogP contribution in [0.5, 0.6) is 0 Å². The van der Waals surface area contributed by atoms with Crippen molar-refractivity contribution < 1.29 is 5.11 Å². The molecule has 0 amide bonds. The first kappa shape index (κ1) is 10.1. The van der Waals surface area contributed by atoms with Crippen LogP contribution in [0.1, 0.15) is 25.3 Å².